The van der Waals surface area contributed by atoms with Gasteiger partial charge in [0.2, 0.25) is 0 Å². The Kier molecular flexibility index (Phi) is 10.7. The van der Waals surface area contributed by atoms with Crippen molar-refractivity contribution in [3.8, 4) is 0 Å². The minimum absolute atomic E-state index is 0.0602. The van der Waals surface area contributed by atoms with E-state index in [4.69, 9.17) is 9.47 Å². The van der Waals surface area contributed by atoms with Crippen molar-refractivity contribution < 1.29 is 19.1 Å². The summed E-state index contributed by atoms with van der Waals surface area (Å²) >= 11 is 0. The molecule has 0 bridgehead atoms. The summed E-state index contributed by atoms with van der Waals surface area (Å²) in [6, 6.07) is 19.1. The number of carbonyl (C=O) groups is 2. The zero-order valence-electron chi connectivity index (χ0n) is 18.2. The number of ether oxygens (including phenoxy) is 2. The summed E-state index contributed by atoms with van der Waals surface area (Å²) in [5.41, 5.74) is 1.87. The Bertz CT molecular complexity index is 740. The lowest BCUT2D eigenvalue weighted by atomic mass is 9.96. The molecule has 0 aliphatic carbocycles. The number of hydrogen-bond donors (Lipinski definition) is 0. The lowest BCUT2D eigenvalue weighted by Gasteiger charge is -2.16. The number of rotatable bonds is 13. The number of hydrogen-bond acceptors (Lipinski definition) is 4. The molecule has 0 saturated carbocycles. The maximum atomic E-state index is 12.7. The molecular weight excluding hydrogens is 376 g/mol. The van der Waals surface area contributed by atoms with Gasteiger partial charge in [0.15, 0.2) is 0 Å². The van der Waals surface area contributed by atoms with Crippen molar-refractivity contribution in [2.24, 2.45) is 11.8 Å². The van der Waals surface area contributed by atoms with Gasteiger partial charge >= 0.3 is 11.9 Å². The molecular formula is C26H34O4. The van der Waals surface area contributed by atoms with Crippen molar-refractivity contribution >= 4 is 11.9 Å². The van der Waals surface area contributed by atoms with Gasteiger partial charge < -0.3 is 9.47 Å². The van der Waals surface area contributed by atoms with Gasteiger partial charge in [-0.3, -0.25) is 9.59 Å². The van der Waals surface area contributed by atoms with E-state index in [9.17, 15) is 9.59 Å². The molecule has 4 nitrogen and oxygen atoms in total. The maximum absolute atomic E-state index is 12.7. The minimum Gasteiger partial charge on any atom is -0.461 e. The van der Waals surface area contributed by atoms with Crippen LogP contribution < -0.4 is 0 Å². The second-order valence-electron chi connectivity index (χ2n) is 8.17. The summed E-state index contributed by atoms with van der Waals surface area (Å²) in [4.78, 5) is 25.0. The molecule has 2 aromatic carbocycles. The zero-order chi connectivity index (χ0) is 21.6. The van der Waals surface area contributed by atoms with Crippen LogP contribution in [0, 0.1) is 11.8 Å². The van der Waals surface area contributed by atoms with Gasteiger partial charge in [0.25, 0.3) is 0 Å². The lowest BCUT2D eigenvalue weighted by molar-refractivity contribution is -0.157. The quantitative estimate of drug-likeness (QED) is 0.296. The summed E-state index contributed by atoms with van der Waals surface area (Å²) in [5.74, 6) is -0.456. The first-order valence-electron chi connectivity index (χ1n) is 10.9. The van der Waals surface area contributed by atoms with Crippen molar-refractivity contribution in [3.63, 3.8) is 0 Å². The Morgan fingerprint density at radius 2 is 1.27 bits per heavy atom. The normalized spacial score (nSPS) is 11.8. The van der Waals surface area contributed by atoms with Crippen LogP contribution in [0.3, 0.4) is 0 Å². The average molecular weight is 411 g/mol. The fourth-order valence-electron chi connectivity index (χ4n) is 3.27. The largest absolute Gasteiger partial charge is 0.461 e. The molecule has 0 saturated heterocycles. The molecule has 0 aliphatic heterocycles. The highest BCUT2D eigenvalue weighted by atomic mass is 16.5. The van der Waals surface area contributed by atoms with E-state index in [0.29, 0.717) is 12.3 Å². The topological polar surface area (TPSA) is 52.6 Å². The van der Waals surface area contributed by atoms with Crippen LogP contribution in [0.1, 0.15) is 63.5 Å². The van der Waals surface area contributed by atoms with Crippen molar-refractivity contribution in [1.29, 1.82) is 0 Å². The van der Waals surface area contributed by atoms with Crippen LogP contribution in [0.5, 0.6) is 0 Å². The maximum Gasteiger partial charge on any atom is 0.309 e. The van der Waals surface area contributed by atoms with Gasteiger partial charge in [-0.2, -0.15) is 0 Å². The predicted octanol–water partition coefficient (Wildman–Crippen LogP) is 6.09. The summed E-state index contributed by atoms with van der Waals surface area (Å²) < 4.78 is 10.9. The molecule has 1 atom stereocenters. The van der Waals surface area contributed by atoms with Gasteiger partial charge in [-0.25, -0.2) is 0 Å². The summed E-state index contributed by atoms with van der Waals surface area (Å²) in [7, 11) is 0. The Labute approximate surface area is 180 Å². The molecule has 0 spiro atoms. The Hall–Kier alpha value is -2.62. The molecule has 0 aromatic heterocycles. The third-order valence-corrected chi connectivity index (χ3v) is 5.05. The van der Waals surface area contributed by atoms with Crippen LogP contribution in [0.2, 0.25) is 0 Å². The molecule has 0 fully saturated rings. The SMILES string of the molecule is CC(C)CCCCCC(CC(=O)OCc1ccccc1)C(=O)OCc1ccccc1. The highest BCUT2D eigenvalue weighted by Crippen LogP contribution is 2.19. The van der Waals surface area contributed by atoms with E-state index in [1.54, 1.807) is 0 Å². The van der Waals surface area contributed by atoms with E-state index in [0.717, 1.165) is 30.4 Å². The van der Waals surface area contributed by atoms with Crippen LogP contribution in [-0.2, 0) is 32.3 Å². The second kappa shape index (κ2) is 13.6. The molecule has 0 amide bonds. The second-order valence-corrected chi connectivity index (χ2v) is 8.17. The Morgan fingerprint density at radius 1 is 0.733 bits per heavy atom. The third-order valence-electron chi connectivity index (χ3n) is 5.05. The fourth-order valence-corrected chi connectivity index (χ4v) is 3.27. The van der Waals surface area contributed by atoms with Gasteiger partial charge in [-0.1, -0.05) is 100 Å². The van der Waals surface area contributed by atoms with Crippen molar-refractivity contribution in [3.05, 3.63) is 71.8 Å². The van der Waals surface area contributed by atoms with E-state index in [2.05, 4.69) is 13.8 Å². The first-order valence-corrected chi connectivity index (χ1v) is 10.9. The van der Waals surface area contributed by atoms with Crippen molar-refractivity contribution in [1.82, 2.24) is 0 Å². The molecule has 0 aliphatic rings. The van der Waals surface area contributed by atoms with Crippen LogP contribution in [0.25, 0.3) is 0 Å². The van der Waals surface area contributed by atoms with Gasteiger partial charge in [0.05, 0.1) is 12.3 Å². The Balaban J connectivity index is 1.84. The number of unbranched alkanes of at least 4 members (excludes halogenated alkanes) is 2. The van der Waals surface area contributed by atoms with Crippen molar-refractivity contribution in [2.45, 2.75) is 65.6 Å². The predicted molar refractivity (Wildman–Crippen MR) is 119 cm³/mol. The van der Waals surface area contributed by atoms with E-state index < -0.39 is 5.92 Å². The number of esters is 2. The summed E-state index contributed by atoms with van der Waals surface area (Å²) in [6.45, 7) is 4.88. The molecule has 0 N–H and O–H groups in total. The summed E-state index contributed by atoms with van der Waals surface area (Å²) in [6.07, 6.45) is 4.99. The van der Waals surface area contributed by atoms with Crippen LogP contribution in [0.15, 0.2) is 60.7 Å². The van der Waals surface area contributed by atoms with E-state index in [1.807, 2.05) is 60.7 Å². The molecule has 0 heterocycles. The molecule has 4 heteroatoms. The van der Waals surface area contributed by atoms with Crippen molar-refractivity contribution in [2.75, 3.05) is 0 Å². The Morgan fingerprint density at radius 3 is 1.83 bits per heavy atom. The highest BCUT2D eigenvalue weighted by molar-refractivity contribution is 5.80. The molecule has 2 aromatic rings. The van der Waals surface area contributed by atoms with Gasteiger partial charge in [-0.15, -0.1) is 0 Å². The molecule has 2 rings (SSSR count). The van der Waals surface area contributed by atoms with E-state index >= 15 is 0 Å². The highest BCUT2D eigenvalue weighted by Gasteiger charge is 2.24. The van der Waals surface area contributed by atoms with E-state index in [-0.39, 0.29) is 31.6 Å². The zero-order valence-corrected chi connectivity index (χ0v) is 18.2. The molecule has 30 heavy (non-hydrogen) atoms. The number of carbonyl (C=O) groups excluding carboxylic acids is 2. The average Bonchev–Trinajstić information content (AvgIpc) is 2.76. The van der Waals surface area contributed by atoms with Crippen LogP contribution >= 0.6 is 0 Å². The standard InChI is InChI=1S/C26H34O4/c1-21(2)12-6-3-11-17-24(26(28)30-20-23-15-9-5-10-16-23)18-25(27)29-19-22-13-7-4-8-14-22/h4-5,7-10,13-16,21,24H,3,6,11-12,17-20H2,1-2H3. The van der Waals surface area contributed by atoms with Gasteiger partial charge in [0, 0.05) is 0 Å². The lowest BCUT2D eigenvalue weighted by Crippen LogP contribution is -2.22. The first-order chi connectivity index (χ1) is 14.5. The van der Waals surface area contributed by atoms with Gasteiger partial charge in [-0.05, 0) is 23.5 Å². The van der Waals surface area contributed by atoms with Crippen LogP contribution in [-0.4, -0.2) is 11.9 Å². The molecule has 162 valence electrons. The minimum atomic E-state index is -0.462. The molecule has 1 unspecified atom stereocenters. The fraction of sp³-hybridized carbons (Fsp3) is 0.462. The third kappa shape index (κ3) is 9.73. The smallest absolute Gasteiger partial charge is 0.309 e. The monoisotopic (exact) mass is 410 g/mol. The number of benzene rings is 2. The van der Waals surface area contributed by atoms with Gasteiger partial charge in [0.1, 0.15) is 13.2 Å². The van der Waals surface area contributed by atoms with E-state index in [1.165, 1.54) is 6.42 Å². The van der Waals surface area contributed by atoms with Crippen LogP contribution in [0.4, 0.5) is 0 Å². The first kappa shape index (κ1) is 23.7. The molecule has 0 radical (unpaired) electrons. The summed E-state index contributed by atoms with van der Waals surface area (Å²) in [5, 5.41) is 0.